The molecule has 3 saturated carbocycles. The van der Waals surface area contributed by atoms with Gasteiger partial charge in [0.25, 0.3) is 0 Å². The minimum Gasteiger partial charge on any atom is -0.265 e. The third kappa shape index (κ3) is 43.1. The fourth-order valence-electron chi connectivity index (χ4n) is 16.4. The molecule has 20 heteroatoms. The van der Waals surface area contributed by atoms with E-state index in [1.165, 1.54) is 112 Å². The second kappa shape index (κ2) is 62.3. The maximum Gasteiger partial charge on any atom is 0.0267 e. The quantitative estimate of drug-likeness (QED) is 0.0762. The van der Waals surface area contributed by atoms with E-state index in [0.717, 1.165) is 46.0 Å². The van der Waals surface area contributed by atoms with Gasteiger partial charge in [-0.3, -0.25) is 19.9 Å². The van der Waals surface area contributed by atoms with E-state index in [1.54, 1.807) is 146 Å². The topological polar surface area (TPSA) is 64.5 Å². The van der Waals surface area contributed by atoms with Gasteiger partial charge in [0, 0.05) is 102 Å². The molecule has 674 valence electrons. The smallest absolute Gasteiger partial charge is 0.0267 e. The van der Waals surface area contributed by atoms with Crippen molar-refractivity contribution < 1.29 is 40.6 Å². The molecule has 3 aliphatic heterocycles. The fourth-order valence-corrected chi connectivity index (χ4v) is 27.1. The third-order valence-corrected chi connectivity index (χ3v) is 32.0. The number of anilines is 4. The van der Waals surface area contributed by atoms with Gasteiger partial charge >= 0.3 is 210 Å². The first-order valence-electron chi connectivity index (χ1n) is 42.8. The van der Waals surface area contributed by atoms with Crippen LogP contribution in [0.3, 0.4) is 0 Å². The molecule has 8 nitrogen and oxygen atoms in total. The van der Waals surface area contributed by atoms with Crippen molar-refractivity contribution in [2.45, 2.75) is 223 Å². The Labute approximate surface area is 804 Å². The number of rotatable bonds is 10. The van der Waals surface area contributed by atoms with E-state index in [-0.39, 0.29) is 7.92 Å². The number of benzene rings is 6. The summed E-state index contributed by atoms with van der Waals surface area (Å²) in [5.74, 6) is 0. The van der Waals surface area contributed by atoms with Crippen LogP contribution in [0.1, 0.15) is 201 Å². The first-order valence-corrected chi connectivity index (χ1v) is 62.6. The summed E-state index contributed by atoms with van der Waals surface area (Å²) in [7, 11) is 33.7. The summed E-state index contributed by atoms with van der Waals surface area (Å²) in [6.07, 6.45) is 50.5. The van der Waals surface area contributed by atoms with Crippen molar-refractivity contribution in [3.8, 4) is 0 Å². The van der Waals surface area contributed by atoms with Crippen LogP contribution in [0.25, 0.3) is 0 Å². The Morgan fingerprint density at radius 1 is 0.371 bits per heavy atom. The van der Waals surface area contributed by atoms with Crippen molar-refractivity contribution in [2.75, 3.05) is 32.7 Å². The van der Waals surface area contributed by atoms with Gasteiger partial charge in [-0.2, -0.15) is 6.67 Å². The van der Waals surface area contributed by atoms with Crippen molar-refractivity contribution in [3.05, 3.63) is 362 Å². The Hall–Kier alpha value is -5.05. The molecule has 1 saturated heterocycles. The number of pyridine rings is 4. The van der Waals surface area contributed by atoms with E-state index >= 15 is 0 Å². The van der Waals surface area contributed by atoms with Gasteiger partial charge in [-0.1, -0.05) is 114 Å². The number of aryl methyl sites for hydroxylation is 12. The Morgan fingerprint density at radius 2 is 0.661 bits per heavy atom. The summed E-state index contributed by atoms with van der Waals surface area (Å²) < 4.78 is 7.77. The fraction of sp³-hybridized carbons (Fsp3) is 0.346. The SMILES string of the molecule is Brc1cccnc1.Brc1cccnc1.C1CCC([PH+](C2CCCCC2)C2CCCCC2)CC1.CC(C)=C[CH]=[Ru]([Cl])[Cl].Cc1cc(C)c(N2C=CC[CH-]2)c(C)c1.Cc1cc(C)c(N2C=CC[CH-]2)c(C)c1.Cc1cc(C)c(N2[CH-]N(c3c(C)cc(C)cc3C)CC2)c(C)c1.[Cl][Ru]([Cl])=[CH]c1ccccc1.[Cl][Ru]([Cl])=[CH]c1ccccc1.c1ccncc1.c1ccncc1. The number of allylic oxidation sites excluding steroid dienone is 2. The summed E-state index contributed by atoms with van der Waals surface area (Å²) in [5, 5.41) is 0. The van der Waals surface area contributed by atoms with Gasteiger partial charge in [-0.15, -0.1) is 12.8 Å². The molecule has 0 radical (unpaired) electrons. The predicted molar refractivity (Wildman–Crippen MR) is 548 cm³/mol. The average molecular weight is 2200 g/mol. The standard InChI is InChI=1S/C21H27N2.C18H33P.2C13H16N.2C7H6.2C5H4BrN.2C5H5N.C5H8.6ClH.3Ru/c1-14-9-16(3)20(17(4)10-14)22-7-8-23(13-22)21-18(5)11-15(2)12-19(21)6;1-4-10-16(11-5-1)19(17-12-6-2-7-13-17)18-14-8-3-9-15-18;2*1-10-8-11(2)13(12(3)9-10)14-6-4-5-7-14;2*1-7-5-3-2-4-6-7;2*6-5-2-1-3-7-4-5;2*1-2-4-6-5-3-1;1-4-5(2)3;;;;;;;;;/h9-13H,7-8H2,1-6H3;16-18H,1-15H2;2*4,6-9H,5H2,1-3H3;2*1-6H;2*1-4H;2*1-5H;1,4H,2-3H3;6*1H;;;/q-1;;2*-1;;;;;;;;;;;;;;3*+2/p-5. The molecule has 10 aromatic rings. The van der Waals surface area contributed by atoms with Crippen LogP contribution >= 0.6 is 97.9 Å². The maximum absolute atomic E-state index is 5.67. The Bertz CT molecular complexity index is 4380. The minimum atomic E-state index is -1.61. The molecule has 0 spiro atoms. The van der Waals surface area contributed by atoms with Gasteiger partial charge in [0.15, 0.2) is 0 Å². The van der Waals surface area contributed by atoms with Gasteiger partial charge in [0.2, 0.25) is 0 Å². The average Bonchev–Trinajstić information content (AvgIpc) is 1.64. The molecule has 4 fully saturated rings. The molecule has 124 heavy (non-hydrogen) atoms. The summed E-state index contributed by atoms with van der Waals surface area (Å²) in [6.45, 7) is 39.0. The summed E-state index contributed by atoms with van der Waals surface area (Å²) in [5.41, 5.74) is 28.8. The van der Waals surface area contributed by atoms with Gasteiger partial charge in [-0.25, -0.2) is 13.1 Å². The summed E-state index contributed by atoms with van der Waals surface area (Å²) >= 11 is 1.75. The van der Waals surface area contributed by atoms with Crippen molar-refractivity contribution in [3.63, 3.8) is 0 Å². The van der Waals surface area contributed by atoms with Gasteiger partial charge in [-0.05, 0) is 297 Å². The molecule has 3 aliphatic carbocycles. The second-order valence-corrected chi connectivity index (χ2v) is 54.3. The van der Waals surface area contributed by atoms with Crippen LogP contribution in [-0.4, -0.2) is 63.8 Å². The van der Waals surface area contributed by atoms with E-state index in [1.807, 2.05) is 155 Å². The number of halogens is 8. The molecule has 0 atom stereocenters. The Morgan fingerprint density at radius 3 is 0.871 bits per heavy atom. The molecule has 4 aromatic heterocycles. The number of hydrogen-bond acceptors (Lipinski definition) is 8. The Kier molecular flexibility index (Phi) is 54.1. The van der Waals surface area contributed by atoms with Crippen molar-refractivity contribution in [1.82, 2.24) is 19.9 Å². The van der Waals surface area contributed by atoms with Crippen molar-refractivity contribution >= 4 is 135 Å². The second-order valence-electron chi connectivity index (χ2n) is 31.8. The van der Waals surface area contributed by atoms with Crippen LogP contribution in [0.5, 0.6) is 0 Å². The van der Waals surface area contributed by atoms with E-state index in [4.69, 9.17) is 58.1 Å². The van der Waals surface area contributed by atoms with Crippen LogP contribution in [0.4, 0.5) is 22.7 Å². The van der Waals surface area contributed by atoms with E-state index in [0.29, 0.717) is 0 Å². The van der Waals surface area contributed by atoms with Gasteiger partial charge < -0.3 is 19.6 Å². The zero-order valence-electron chi connectivity index (χ0n) is 75.0. The first kappa shape index (κ1) is 108. The van der Waals surface area contributed by atoms with E-state index < -0.39 is 40.6 Å². The molecular weight excluding hydrogens is 2070 g/mol. The predicted octanol–water partition coefficient (Wildman–Crippen LogP) is 32.2. The molecule has 0 unspecified atom stereocenters. The largest absolute Gasteiger partial charge is 0.265 e. The third-order valence-electron chi connectivity index (χ3n) is 21.0. The number of nitrogens with zero attached hydrogens (tertiary/aromatic N) is 8. The molecular formula is C104H131Br2Cl6N8PRu3-2. The molecule has 0 N–H and O–H groups in total. The molecule has 7 heterocycles. The molecule has 6 aromatic carbocycles. The van der Waals surface area contributed by atoms with Crippen LogP contribution < -0.4 is 19.6 Å². The monoisotopic (exact) mass is 2200 g/mol. The van der Waals surface area contributed by atoms with Gasteiger partial charge in [0.1, 0.15) is 0 Å². The minimum absolute atomic E-state index is 0.0465. The van der Waals surface area contributed by atoms with Gasteiger partial charge in [0.05, 0.1) is 17.0 Å². The van der Waals surface area contributed by atoms with Crippen molar-refractivity contribution in [1.29, 1.82) is 0 Å². The van der Waals surface area contributed by atoms with E-state index in [2.05, 4.69) is 247 Å². The van der Waals surface area contributed by atoms with Crippen LogP contribution in [0.15, 0.2) is 265 Å². The number of aromatic nitrogens is 4. The Balaban J connectivity index is 0.000000217. The van der Waals surface area contributed by atoms with E-state index in [9.17, 15) is 0 Å². The number of hydrogen-bond donors (Lipinski definition) is 0. The van der Waals surface area contributed by atoms with Crippen LogP contribution in [-0.2, 0) is 40.6 Å². The molecule has 6 aliphatic rings. The molecule has 0 amide bonds. The molecule has 16 rings (SSSR count). The first-order chi connectivity index (χ1) is 59.7. The van der Waals surface area contributed by atoms with Crippen molar-refractivity contribution in [2.24, 2.45) is 0 Å². The summed E-state index contributed by atoms with van der Waals surface area (Å²) in [6, 6.07) is 56.9. The zero-order valence-corrected chi connectivity index (χ0v) is 88.9. The maximum atomic E-state index is 5.67. The van der Waals surface area contributed by atoms with Crippen LogP contribution in [0, 0.1) is 103 Å². The molecule has 0 bridgehead atoms. The normalized spacial score (nSPS) is 14.8. The summed E-state index contributed by atoms with van der Waals surface area (Å²) in [4.78, 5) is 24.5. The van der Waals surface area contributed by atoms with Crippen LogP contribution in [0.2, 0.25) is 0 Å². The zero-order chi connectivity index (χ0) is 90.0.